The molecule has 6 heteroatoms. The highest BCUT2D eigenvalue weighted by Gasteiger charge is 2.39. The first-order valence-corrected chi connectivity index (χ1v) is 9.69. The summed E-state index contributed by atoms with van der Waals surface area (Å²) in [6.07, 6.45) is 6.24. The van der Waals surface area contributed by atoms with Crippen molar-refractivity contribution in [3.8, 4) is 6.07 Å². The average molecular weight is 365 g/mol. The molecule has 2 saturated heterocycles. The predicted octanol–water partition coefficient (Wildman–Crippen LogP) is 2.41. The molecule has 0 bridgehead atoms. The quantitative estimate of drug-likeness (QED) is 0.836. The lowest BCUT2D eigenvalue weighted by Gasteiger charge is -2.44. The summed E-state index contributed by atoms with van der Waals surface area (Å²) in [5, 5.41) is 9.23. The minimum absolute atomic E-state index is 0.128. The van der Waals surface area contributed by atoms with E-state index in [0.29, 0.717) is 5.56 Å². The number of aryl methyl sites for hydroxylation is 1. The summed E-state index contributed by atoms with van der Waals surface area (Å²) in [6.45, 7) is 6.40. The summed E-state index contributed by atoms with van der Waals surface area (Å²) in [4.78, 5) is 9.41. The maximum absolute atomic E-state index is 9.23. The molecule has 3 heterocycles. The Morgan fingerprint density at radius 2 is 2.22 bits per heavy atom. The smallest absolute Gasteiger partial charge is 0.122 e. The Labute approximate surface area is 161 Å². The van der Waals surface area contributed by atoms with Crippen molar-refractivity contribution < 1.29 is 4.74 Å². The van der Waals surface area contributed by atoms with E-state index in [1.54, 1.807) is 0 Å². The van der Waals surface area contributed by atoms with Crippen LogP contribution in [0.5, 0.6) is 0 Å². The van der Waals surface area contributed by atoms with Gasteiger partial charge in [0.2, 0.25) is 0 Å². The van der Waals surface area contributed by atoms with E-state index < -0.39 is 0 Å². The fourth-order valence-electron chi connectivity index (χ4n) is 4.43. The summed E-state index contributed by atoms with van der Waals surface area (Å²) in [5.41, 5.74) is 1.97. The summed E-state index contributed by atoms with van der Waals surface area (Å²) in [5.74, 6) is 1.11. The second-order valence-electron chi connectivity index (χ2n) is 7.90. The van der Waals surface area contributed by atoms with Gasteiger partial charge in [0, 0.05) is 50.2 Å². The first-order chi connectivity index (χ1) is 13.2. The van der Waals surface area contributed by atoms with Gasteiger partial charge in [-0.1, -0.05) is 6.07 Å². The van der Waals surface area contributed by atoms with E-state index in [1.165, 1.54) is 12.8 Å². The fraction of sp³-hybridized carbons (Fsp3) is 0.524. The van der Waals surface area contributed by atoms with Crippen LogP contribution in [0.2, 0.25) is 0 Å². The molecule has 142 valence electrons. The van der Waals surface area contributed by atoms with Crippen molar-refractivity contribution in [2.24, 2.45) is 12.5 Å². The van der Waals surface area contributed by atoms with Gasteiger partial charge in [0.05, 0.1) is 31.4 Å². The second kappa shape index (κ2) is 7.71. The first-order valence-electron chi connectivity index (χ1n) is 9.69. The second-order valence-corrected chi connectivity index (χ2v) is 7.90. The Balaban J connectivity index is 1.51. The highest BCUT2D eigenvalue weighted by molar-refractivity contribution is 5.51. The molecule has 0 saturated carbocycles. The Kier molecular flexibility index (Phi) is 5.15. The third-order valence-corrected chi connectivity index (χ3v) is 5.81. The van der Waals surface area contributed by atoms with E-state index in [2.05, 4.69) is 38.5 Å². The van der Waals surface area contributed by atoms with E-state index in [-0.39, 0.29) is 5.41 Å². The third-order valence-electron chi connectivity index (χ3n) is 5.81. The number of piperidine rings is 1. The van der Waals surface area contributed by atoms with Crippen molar-refractivity contribution in [3.63, 3.8) is 0 Å². The molecule has 0 amide bonds. The molecule has 2 aliphatic rings. The SMILES string of the molecule is Cn1ccnc1CN1CCCC2(COCCN(c3cccc(C#N)c3)C2)C1. The van der Waals surface area contributed by atoms with Gasteiger partial charge in [0.15, 0.2) is 0 Å². The van der Waals surface area contributed by atoms with Crippen molar-refractivity contribution in [2.45, 2.75) is 19.4 Å². The van der Waals surface area contributed by atoms with E-state index in [0.717, 1.165) is 57.4 Å². The molecule has 0 aliphatic carbocycles. The zero-order chi connectivity index (χ0) is 18.7. The van der Waals surface area contributed by atoms with Crippen LogP contribution >= 0.6 is 0 Å². The standard InChI is InChI=1S/C21H27N5O/c1-24-9-7-23-20(24)14-25-8-3-6-21(15-25)16-26(10-11-27-17-21)19-5-2-4-18(12-19)13-22/h2,4-5,7,9,12H,3,6,8,10-11,14-17H2,1H3. The molecular formula is C21H27N5O. The number of likely N-dealkylation sites (tertiary alicyclic amines) is 1. The predicted molar refractivity (Wildman–Crippen MR) is 104 cm³/mol. The maximum Gasteiger partial charge on any atom is 0.122 e. The largest absolute Gasteiger partial charge is 0.379 e. The lowest BCUT2D eigenvalue weighted by Crippen LogP contribution is -2.50. The molecule has 1 aromatic heterocycles. The third kappa shape index (κ3) is 4.00. The van der Waals surface area contributed by atoms with Crippen molar-refractivity contribution in [1.82, 2.24) is 14.5 Å². The van der Waals surface area contributed by atoms with E-state index >= 15 is 0 Å². The van der Waals surface area contributed by atoms with Gasteiger partial charge in [0.25, 0.3) is 0 Å². The normalized spacial score (nSPS) is 23.9. The van der Waals surface area contributed by atoms with Crippen LogP contribution in [0.4, 0.5) is 5.69 Å². The molecule has 0 N–H and O–H groups in total. The van der Waals surface area contributed by atoms with Gasteiger partial charge in [-0.3, -0.25) is 4.90 Å². The van der Waals surface area contributed by atoms with Crippen LogP contribution in [0, 0.1) is 16.7 Å². The molecule has 0 radical (unpaired) electrons. The molecule has 27 heavy (non-hydrogen) atoms. The number of ether oxygens (including phenoxy) is 1. The zero-order valence-electron chi connectivity index (χ0n) is 16.0. The molecule has 2 aliphatic heterocycles. The summed E-state index contributed by atoms with van der Waals surface area (Å²) in [7, 11) is 2.06. The number of aromatic nitrogens is 2. The molecule has 1 aromatic carbocycles. The van der Waals surface area contributed by atoms with Gasteiger partial charge in [-0.05, 0) is 37.6 Å². The van der Waals surface area contributed by atoms with Gasteiger partial charge in [-0.25, -0.2) is 4.98 Å². The highest BCUT2D eigenvalue weighted by atomic mass is 16.5. The molecule has 2 aromatic rings. The molecule has 6 nitrogen and oxygen atoms in total. The Morgan fingerprint density at radius 1 is 1.30 bits per heavy atom. The van der Waals surface area contributed by atoms with Gasteiger partial charge >= 0.3 is 0 Å². The maximum atomic E-state index is 9.23. The number of benzene rings is 1. The summed E-state index contributed by atoms with van der Waals surface area (Å²) < 4.78 is 8.15. The lowest BCUT2D eigenvalue weighted by molar-refractivity contribution is 0.00969. The van der Waals surface area contributed by atoms with Crippen molar-refractivity contribution in [3.05, 3.63) is 48.0 Å². The number of anilines is 1. The van der Waals surface area contributed by atoms with E-state index in [1.807, 2.05) is 30.6 Å². The lowest BCUT2D eigenvalue weighted by atomic mass is 9.80. The van der Waals surface area contributed by atoms with Gasteiger partial charge in [0.1, 0.15) is 5.82 Å². The van der Waals surface area contributed by atoms with Gasteiger partial charge in [-0.15, -0.1) is 0 Å². The topological polar surface area (TPSA) is 57.3 Å². The number of nitriles is 1. The fourth-order valence-corrected chi connectivity index (χ4v) is 4.43. The van der Waals surface area contributed by atoms with Crippen LogP contribution in [-0.4, -0.2) is 53.8 Å². The number of nitrogens with zero attached hydrogens (tertiary/aromatic N) is 5. The van der Waals surface area contributed by atoms with Gasteiger partial charge in [-0.2, -0.15) is 5.26 Å². The summed E-state index contributed by atoms with van der Waals surface area (Å²) in [6, 6.07) is 10.2. The molecule has 4 rings (SSSR count). The molecule has 2 fully saturated rings. The van der Waals surface area contributed by atoms with Crippen LogP contribution in [0.3, 0.4) is 0 Å². The Morgan fingerprint density at radius 3 is 3.04 bits per heavy atom. The number of hydrogen-bond donors (Lipinski definition) is 0. The zero-order valence-corrected chi connectivity index (χ0v) is 16.0. The van der Waals surface area contributed by atoms with Crippen LogP contribution < -0.4 is 4.90 Å². The first kappa shape index (κ1) is 18.0. The number of hydrogen-bond acceptors (Lipinski definition) is 5. The Hall–Kier alpha value is -2.36. The monoisotopic (exact) mass is 365 g/mol. The van der Waals surface area contributed by atoms with Crippen molar-refractivity contribution >= 4 is 5.69 Å². The minimum atomic E-state index is 0.128. The number of imidazole rings is 1. The van der Waals surface area contributed by atoms with Gasteiger partial charge < -0.3 is 14.2 Å². The van der Waals surface area contributed by atoms with E-state index in [9.17, 15) is 5.26 Å². The van der Waals surface area contributed by atoms with Crippen LogP contribution in [-0.2, 0) is 18.3 Å². The molecule has 1 unspecified atom stereocenters. The van der Waals surface area contributed by atoms with Crippen LogP contribution in [0.15, 0.2) is 36.7 Å². The molecular weight excluding hydrogens is 338 g/mol. The molecule has 1 atom stereocenters. The number of rotatable bonds is 3. The average Bonchev–Trinajstić information content (AvgIpc) is 2.97. The molecule has 1 spiro atoms. The van der Waals surface area contributed by atoms with Crippen LogP contribution in [0.1, 0.15) is 24.2 Å². The van der Waals surface area contributed by atoms with Crippen molar-refractivity contribution in [2.75, 3.05) is 44.3 Å². The van der Waals surface area contributed by atoms with Crippen molar-refractivity contribution in [1.29, 1.82) is 5.26 Å². The highest BCUT2D eigenvalue weighted by Crippen LogP contribution is 2.35. The Bertz CT molecular complexity index is 826. The minimum Gasteiger partial charge on any atom is -0.379 e. The summed E-state index contributed by atoms with van der Waals surface area (Å²) >= 11 is 0. The van der Waals surface area contributed by atoms with E-state index in [4.69, 9.17) is 4.74 Å². The van der Waals surface area contributed by atoms with Crippen LogP contribution in [0.25, 0.3) is 0 Å².